The highest BCUT2D eigenvalue weighted by atomic mass is 19.4. The molecule has 13 heteroatoms. The molecule has 0 saturated heterocycles. The molecule has 36 heavy (non-hydrogen) atoms. The number of aromatic nitrogens is 7. The van der Waals surface area contributed by atoms with Gasteiger partial charge in [0.15, 0.2) is 5.82 Å². The topological polar surface area (TPSA) is 124 Å². The van der Waals surface area contributed by atoms with Crippen LogP contribution in [0.5, 0.6) is 0 Å². The van der Waals surface area contributed by atoms with E-state index in [9.17, 15) is 22.8 Å². The highest BCUT2D eigenvalue weighted by Gasteiger charge is 2.35. The van der Waals surface area contributed by atoms with Crippen molar-refractivity contribution < 1.29 is 17.6 Å². The van der Waals surface area contributed by atoms with Gasteiger partial charge in [0, 0.05) is 35.6 Å². The van der Waals surface area contributed by atoms with Gasteiger partial charge >= 0.3 is 6.18 Å². The van der Waals surface area contributed by atoms with E-state index in [0.717, 1.165) is 12.4 Å². The van der Waals surface area contributed by atoms with Gasteiger partial charge in [-0.1, -0.05) is 19.1 Å². The standard InChI is InChI=1S/C23H15F4N9/c1-12(14-9-33-35(10-14)17-5-3-2-4-16(17)24)19-15(6-28)18(20-21(29)32-11-34-36(19)20)13-7-30-22(31-8-13)23(25,26)27/h2-5,7-12H,1H3,(H2,29,32,34). The van der Waals surface area contributed by atoms with Crippen molar-refractivity contribution in [1.82, 2.24) is 34.3 Å². The van der Waals surface area contributed by atoms with Gasteiger partial charge in [0.2, 0.25) is 5.82 Å². The second-order valence-electron chi connectivity index (χ2n) is 7.84. The maximum atomic E-state index is 14.3. The van der Waals surface area contributed by atoms with E-state index in [4.69, 9.17) is 5.73 Å². The van der Waals surface area contributed by atoms with Gasteiger partial charge in [-0.15, -0.1) is 0 Å². The van der Waals surface area contributed by atoms with E-state index in [-0.39, 0.29) is 33.7 Å². The molecule has 0 saturated carbocycles. The molecule has 0 spiro atoms. The number of alkyl halides is 3. The third-order valence-electron chi connectivity index (χ3n) is 5.71. The van der Waals surface area contributed by atoms with Gasteiger partial charge in [0.05, 0.1) is 17.5 Å². The Kier molecular flexibility index (Phi) is 5.36. The van der Waals surface area contributed by atoms with Gasteiger partial charge in [-0.2, -0.15) is 28.6 Å². The summed E-state index contributed by atoms with van der Waals surface area (Å²) in [5.74, 6) is -2.27. The average molecular weight is 493 g/mol. The maximum Gasteiger partial charge on any atom is 0.451 e. The van der Waals surface area contributed by atoms with E-state index in [0.29, 0.717) is 11.3 Å². The van der Waals surface area contributed by atoms with E-state index in [1.165, 1.54) is 27.8 Å². The number of rotatable bonds is 4. The smallest absolute Gasteiger partial charge is 0.382 e. The number of hydrogen-bond donors (Lipinski definition) is 1. The van der Waals surface area contributed by atoms with Gasteiger partial charge in [0.25, 0.3) is 0 Å². The first-order valence-corrected chi connectivity index (χ1v) is 10.4. The summed E-state index contributed by atoms with van der Waals surface area (Å²) in [4.78, 5) is 10.8. The fraction of sp³-hybridized carbons (Fsp3) is 0.130. The quantitative estimate of drug-likeness (QED) is 0.373. The Labute approximate surface area is 200 Å². The number of hydrogen-bond acceptors (Lipinski definition) is 7. The number of para-hydroxylation sites is 1. The molecule has 4 aromatic heterocycles. The van der Waals surface area contributed by atoms with E-state index in [1.807, 2.05) is 0 Å². The van der Waals surface area contributed by atoms with Crippen molar-refractivity contribution in [2.75, 3.05) is 5.73 Å². The molecule has 1 atom stereocenters. The molecule has 0 amide bonds. The van der Waals surface area contributed by atoms with Crippen LogP contribution in [0.3, 0.4) is 0 Å². The van der Waals surface area contributed by atoms with Crippen LogP contribution < -0.4 is 5.73 Å². The average Bonchev–Trinajstić information content (AvgIpc) is 3.47. The molecule has 5 aromatic rings. The Bertz CT molecular complexity index is 1630. The summed E-state index contributed by atoms with van der Waals surface area (Å²) < 4.78 is 56.0. The molecule has 5 rings (SSSR count). The number of nitriles is 1. The zero-order valence-corrected chi connectivity index (χ0v) is 18.4. The molecule has 180 valence electrons. The first kappa shape index (κ1) is 22.9. The molecular weight excluding hydrogens is 478 g/mol. The Hall–Kier alpha value is -4.86. The van der Waals surface area contributed by atoms with Gasteiger partial charge in [-0.05, 0) is 17.7 Å². The van der Waals surface area contributed by atoms with Gasteiger partial charge < -0.3 is 5.73 Å². The minimum absolute atomic E-state index is 0.0110. The SMILES string of the molecule is CC(c1cnn(-c2ccccc2F)c1)c1c(C#N)c(-c2cnc(C(F)(F)F)nc2)c2c(N)ncnn12. The van der Waals surface area contributed by atoms with E-state index < -0.39 is 23.7 Å². The van der Waals surface area contributed by atoms with Crippen LogP contribution >= 0.6 is 0 Å². The lowest BCUT2D eigenvalue weighted by Gasteiger charge is -2.10. The van der Waals surface area contributed by atoms with Crippen molar-refractivity contribution in [2.24, 2.45) is 0 Å². The predicted octanol–water partition coefficient (Wildman–Crippen LogP) is 4.14. The maximum absolute atomic E-state index is 14.3. The van der Waals surface area contributed by atoms with Crippen LogP contribution in [0.4, 0.5) is 23.4 Å². The van der Waals surface area contributed by atoms with Gasteiger partial charge in [-0.3, -0.25) is 0 Å². The fourth-order valence-electron chi connectivity index (χ4n) is 4.02. The molecule has 0 bridgehead atoms. The third-order valence-corrected chi connectivity index (χ3v) is 5.71. The largest absolute Gasteiger partial charge is 0.451 e. The number of fused-ring (bicyclic) bond motifs is 1. The summed E-state index contributed by atoms with van der Waals surface area (Å²) in [5.41, 5.74) is 8.04. The fourth-order valence-corrected chi connectivity index (χ4v) is 4.02. The Morgan fingerprint density at radius 2 is 1.78 bits per heavy atom. The van der Waals surface area contributed by atoms with Crippen LogP contribution in [0.25, 0.3) is 22.3 Å². The van der Waals surface area contributed by atoms with Crippen LogP contribution in [0, 0.1) is 17.1 Å². The number of benzene rings is 1. The van der Waals surface area contributed by atoms with Crippen molar-refractivity contribution in [3.05, 3.63) is 83.8 Å². The zero-order valence-electron chi connectivity index (χ0n) is 18.4. The number of nitrogens with two attached hydrogens (primary N) is 1. The molecular formula is C23H15F4N9. The molecule has 0 aliphatic carbocycles. The lowest BCUT2D eigenvalue weighted by molar-refractivity contribution is -0.144. The van der Waals surface area contributed by atoms with Crippen molar-refractivity contribution in [3.8, 4) is 22.9 Å². The second-order valence-corrected chi connectivity index (χ2v) is 7.84. The molecule has 0 aliphatic heterocycles. The number of anilines is 1. The summed E-state index contributed by atoms with van der Waals surface area (Å²) in [6, 6.07) is 8.24. The van der Waals surface area contributed by atoms with E-state index >= 15 is 0 Å². The molecule has 1 unspecified atom stereocenters. The zero-order chi connectivity index (χ0) is 25.6. The van der Waals surface area contributed by atoms with Crippen molar-refractivity contribution in [2.45, 2.75) is 19.0 Å². The van der Waals surface area contributed by atoms with E-state index in [2.05, 4.69) is 31.2 Å². The minimum Gasteiger partial charge on any atom is -0.382 e. The lowest BCUT2D eigenvalue weighted by atomic mass is 9.95. The number of nitrogen functional groups attached to an aromatic ring is 1. The minimum atomic E-state index is -4.72. The normalized spacial score (nSPS) is 12.6. The molecule has 2 N–H and O–H groups in total. The second kappa shape index (κ2) is 8.42. The summed E-state index contributed by atoms with van der Waals surface area (Å²) in [6.07, 6.45) is 1.58. The summed E-state index contributed by atoms with van der Waals surface area (Å²) >= 11 is 0. The van der Waals surface area contributed by atoms with E-state index in [1.54, 1.807) is 31.3 Å². The molecule has 1 aromatic carbocycles. The molecule has 4 heterocycles. The van der Waals surface area contributed by atoms with Gasteiger partial charge in [-0.25, -0.2) is 28.5 Å². The number of nitrogens with zero attached hydrogens (tertiary/aromatic N) is 8. The Morgan fingerprint density at radius 3 is 2.44 bits per heavy atom. The summed E-state index contributed by atoms with van der Waals surface area (Å²) in [6.45, 7) is 1.79. The first-order chi connectivity index (χ1) is 17.2. The van der Waals surface area contributed by atoms with Crippen LogP contribution in [-0.4, -0.2) is 34.3 Å². The Morgan fingerprint density at radius 1 is 1.06 bits per heavy atom. The van der Waals surface area contributed by atoms with Crippen molar-refractivity contribution in [3.63, 3.8) is 0 Å². The Balaban J connectivity index is 1.68. The molecule has 9 nitrogen and oxygen atoms in total. The van der Waals surface area contributed by atoms with Crippen LogP contribution in [0.1, 0.15) is 35.5 Å². The van der Waals surface area contributed by atoms with Crippen LogP contribution in [0.2, 0.25) is 0 Å². The highest BCUT2D eigenvalue weighted by Crippen LogP contribution is 2.39. The number of halogens is 4. The van der Waals surface area contributed by atoms with Crippen LogP contribution in [0.15, 0.2) is 55.4 Å². The lowest BCUT2D eigenvalue weighted by Crippen LogP contribution is -2.10. The van der Waals surface area contributed by atoms with Crippen molar-refractivity contribution >= 4 is 11.3 Å². The molecule has 0 radical (unpaired) electrons. The highest BCUT2D eigenvalue weighted by molar-refractivity contribution is 5.92. The van der Waals surface area contributed by atoms with Crippen LogP contribution in [-0.2, 0) is 6.18 Å². The first-order valence-electron chi connectivity index (χ1n) is 10.4. The molecule has 0 fully saturated rings. The third kappa shape index (κ3) is 3.68. The predicted molar refractivity (Wildman–Crippen MR) is 119 cm³/mol. The van der Waals surface area contributed by atoms with Crippen molar-refractivity contribution in [1.29, 1.82) is 5.26 Å². The van der Waals surface area contributed by atoms with Gasteiger partial charge in [0.1, 0.15) is 29.4 Å². The summed E-state index contributed by atoms with van der Waals surface area (Å²) in [7, 11) is 0. The molecule has 0 aliphatic rings. The summed E-state index contributed by atoms with van der Waals surface area (Å²) in [5, 5.41) is 18.6. The monoisotopic (exact) mass is 493 g/mol.